The number of benzene rings is 4. The number of rotatable bonds is 2. The van der Waals surface area contributed by atoms with Crippen molar-refractivity contribution in [2.45, 2.75) is 0 Å². The van der Waals surface area contributed by atoms with E-state index in [4.69, 9.17) is 0 Å². The van der Waals surface area contributed by atoms with E-state index < -0.39 is 0 Å². The minimum atomic E-state index is 1.09. The summed E-state index contributed by atoms with van der Waals surface area (Å²) in [6.07, 6.45) is 1.88. The molecule has 0 spiro atoms. The van der Waals surface area contributed by atoms with Crippen LogP contribution < -0.4 is 0 Å². The average molecular weight is 427 g/mol. The van der Waals surface area contributed by atoms with Crippen molar-refractivity contribution in [1.82, 2.24) is 9.55 Å². The zero-order chi connectivity index (χ0) is 21.1. The topological polar surface area (TPSA) is 17.8 Å². The van der Waals surface area contributed by atoms with Crippen LogP contribution in [0.5, 0.6) is 0 Å². The van der Waals surface area contributed by atoms with Crippen LogP contribution in [0.25, 0.3) is 58.9 Å². The first-order chi connectivity index (χ1) is 15.9. The van der Waals surface area contributed by atoms with Gasteiger partial charge in [0.15, 0.2) is 0 Å². The number of hydrogen-bond acceptors (Lipinski definition) is 2. The third-order valence-electron chi connectivity index (χ3n) is 6.25. The highest BCUT2D eigenvalue weighted by Gasteiger charge is 2.14. The fourth-order valence-corrected chi connectivity index (χ4v) is 6.06. The Kier molecular flexibility index (Phi) is 3.75. The van der Waals surface area contributed by atoms with Crippen molar-refractivity contribution in [2.24, 2.45) is 0 Å². The molecule has 0 atom stereocenters. The Morgan fingerprint density at radius 1 is 0.625 bits per heavy atom. The van der Waals surface area contributed by atoms with Crippen LogP contribution in [0.2, 0.25) is 0 Å². The predicted molar refractivity (Wildman–Crippen MR) is 137 cm³/mol. The lowest BCUT2D eigenvalue weighted by atomic mass is 10.0. The lowest BCUT2D eigenvalue weighted by Crippen LogP contribution is -1.94. The SMILES string of the molecule is c1cc(-c2cccc3c2sc2cccnc23)cc(-n2c3ccccc3c3ccccc32)c1. The highest BCUT2D eigenvalue weighted by molar-refractivity contribution is 7.26. The van der Waals surface area contributed by atoms with E-state index in [1.807, 2.05) is 23.6 Å². The molecule has 0 saturated heterocycles. The lowest BCUT2D eigenvalue weighted by Gasteiger charge is -2.11. The number of hydrogen-bond donors (Lipinski definition) is 0. The smallest absolute Gasteiger partial charge is 0.0888 e. The maximum absolute atomic E-state index is 4.64. The maximum Gasteiger partial charge on any atom is 0.0888 e. The van der Waals surface area contributed by atoms with Crippen molar-refractivity contribution in [3.63, 3.8) is 0 Å². The first-order valence-electron chi connectivity index (χ1n) is 10.7. The summed E-state index contributed by atoms with van der Waals surface area (Å²) in [7, 11) is 0. The third kappa shape index (κ3) is 2.49. The summed E-state index contributed by atoms with van der Waals surface area (Å²) < 4.78 is 4.90. The van der Waals surface area contributed by atoms with E-state index in [0.29, 0.717) is 0 Å². The number of nitrogens with zero attached hydrogens (tertiary/aromatic N) is 2. The Morgan fingerprint density at radius 2 is 1.34 bits per heavy atom. The minimum Gasteiger partial charge on any atom is -0.309 e. The number of para-hydroxylation sites is 2. The molecule has 0 aliphatic heterocycles. The van der Waals surface area contributed by atoms with Gasteiger partial charge < -0.3 is 4.57 Å². The van der Waals surface area contributed by atoms with Gasteiger partial charge in [-0.25, -0.2) is 0 Å². The standard InChI is InChI=1S/C29H18N2S/c1-3-14-25-22(10-1)23-11-2-4-15-26(23)31(25)20-9-5-8-19(18-20)21-12-6-13-24-28-27(32-29(21)24)16-7-17-30-28/h1-18H. The number of pyridine rings is 1. The molecule has 150 valence electrons. The molecule has 7 aromatic rings. The van der Waals surface area contributed by atoms with Gasteiger partial charge in [0.25, 0.3) is 0 Å². The number of thiophene rings is 1. The van der Waals surface area contributed by atoms with Gasteiger partial charge in [0.1, 0.15) is 0 Å². The molecular weight excluding hydrogens is 408 g/mol. The first kappa shape index (κ1) is 17.7. The summed E-state index contributed by atoms with van der Waals surface area (Å²) in [5, 5.41) is 3.79. The van der Waals surface area contributed by atoms with Crippen LogP contribution in [-0.2, 0) is 0 Å². The molecule has 0 fully saturated rings. The minimum absolute atomic E-state index is 1.09. The van der Waals surface area contributed by atoms with Gasteiger partial charge in [0.2, 0.25) is 0 Å². The van der Waals surface area contributed by atoms with E-state index in [1.165, 1.54) is 53.4 Å². The Balaban J connectivity index is 1.50. The molecular formula is C29H18N2S. The zero-order valence-corrected chi connectivity index (χ0v) is 18.0. The molecule has 32 heavy (non-hydrogen) atoms. The van der Waals surface area contributed by atoms with E-state index in [9.17, 15) is 0 Å². The molecule has 0 saturated carbocycles. The van der Waals surface area contributed by atoms with E-state index in [0.717, 1.165) is 5.52 Å². The van der Waals surface area contributed by atoms with Gasteiger partial charge in [-0.15, -0.1) is 11.3 Å². The normalized spacial score (nSPS) is 11.8. The number of aromatic nitrogens is 2. The van der Waals surface area contributed by atoms with Crippen molar-refractivity contribution in [1.29, 1.82) is 0 Å². The van der Waals surface area contributed by atoms with Gasteiger partial charge in [0, 0.05) is 32.7 Å². The molecule has 3 heterocycles. The van der Waals surface area contributed by atoms with Crippen molar-refractivity contribution in [3.05, 3.63) is 109 Å². The Hall–Kier alpha value is -3.95. The van der Waals surface area contributed by atoms with Crippen molar-refractivity contribution < 1.29 is 0 Å². The third-order valence-corrected chi connectivity index (χ3v) is 7.44. The van der Waals surface area contributed by atoms with Gasteiger partial charge in [-0.2, -0.15) is 0 Å². The van der Waals surface area contributed by atoms with Gasteiger partial charge in [-0.1, -0.05) is 66.7 Å². The molecule has 0 aliphatic rings. The molecule has 0 amide bonds. The highest BCUT2D eigenvalue weighted by Crippen LogP contribution is 2.40. The molecule has 0 aliphatic carbocycles. The largest absolute Gasteiger partial charge is 0.309 e. The Labute approximate surface area is 189 Å². The van der Waals surface area contributed by atoms with E-state index in [1.54, 1.807) is 0 Å². The van der Waals surface area contributed by atoms with Crippen LogP contribution >= 0.6 is 11.3 Å². The van der Waals surface area contributed by atoms with Crippen molar-refractivity contribution in [2.75, 3.05) is 0 Å². The fraction of sp³-hybridized carbons (Fsp3) is 0. The van der Waals surface area contributed by atoms with Gasteiger partial charge in [-0.05, 0) is 47.5 Å². The Morgan fingerprint density at radius 3 is 2.16 bits per heavy atom. The summed E-state index contributed by atoms with van der Waals surface area (Å²) in [6, 6.07) is 36.9. The maximum atomic E-state index is 4.64. The molecule has 7 rings (SSSR count). The van der Waals surface area contributed by atoms with Gasteiger partial charge >= 0.3 is 0 Å². The first-order valence-corrected chi connectivity index (χ1v) is 11.6. The summed E-state index contributed by atoms with van der Waals surface area (Å²) in [6.45, 7) is 0. The van der Waals surface area contributed by atoms with Crippen LogP contribution in [0.4, 0.5) is 0 Å². The summed E-state index contributed by atoms with van der Waals surface area (Å²) in [5.74, 6) is 0. The second-order valence-electron chi connectivity index (χ2n) is 8.05. The fourth-order valence-electron chi connectivity index (χ4n) is 4.86. The monoisotopic (exact) mass is 426 g/mol. The second-order valence-corrected chi connectivity index (χ2v) is 9.11. The van der Waals surface area contributed by atoms with Crippen LogP contribution in [0, 0.1) is 0 Å². The summed E-state index contributed by atoms with van der Waals surface area (Å²) >= 11 is 1.82. The van der Waals surface area contributed by atoms with E-state index >= 15 is 0 Å². The quantitative estimate of drug-likeness (QED) is 0.272. The highest BCUT2D eigenvalue weighted by atomic mass is 32.1. The zero-order valence-electron chi connectivity index (χ0n) is 17.2. The van der Waals surface area contributed by atoms with Crippen LogP contribution in [0.15, 0.2) is 109 Å². The average Bonchev–Trinajstić information content (AvgIpc) is 3.40. The predicted octanol–water partition coefficient (Wildman–Crippen LogP) is 8.21. The van der Waals surface area contributed by atoms with E-state index in [-0.39, 0.29) is 0 Å². The summed E-state index contributed by atoms with van der Waals surface area (Å²) in [5.41, 5.74) is 7.21. The number of fused-ring (bicyclic) bond motifs is 6. The molecule has 2 nitrogen and oxygen atoms in total. The van der Waals surface area contributed by atoms with Crippen LogP contribution in [0.3, 0.4) is 0 Å². The Bertz CT molecular complexity index is 1730. The molecule has 0 unspecified atom stereocenters. The molecule has 0 radical (unpaired) electrons. The van der Waals surface area contributed by atoms with Crippen molar-refractivity contribution in [3.8, 4) is 16.8 Å². The van der Waals surface area contributed by atoms with Crippen molar-refractivity contribution >= 4 is 53.4 Å². The molecule has 0 bridgehead atoms. The van der Waals surface area contributed by atoms with Crippen LogP contribution in [-0.4, -0.2) is 9.55 Å². The molecule has 3 heteroatoms. The summed E-state index contributed by atoms with van der Waals surface area (Å²) in [4.78, 5) is 4.64. The lowest BCUT2D eigenvalue weighted by molar-refractivity contribution is 1.18. The van der Waals surface area contributed by atoms with Gasteiger partial charge in [-0.3, -0.25) is 4.98 Å². The van der Waals surface area contributed by atoms with Crippen LogP contribution in [0.1, 0.15) is 0 Å². The molecule has 4 aromatic carbocycles. The molecule has 0 N–H and O–H groups in total. The van der Waals surface area contributed by atoms with Gasteiger partial charge in [0.05, 0.1) is 21.3 Å². The molecule has 3 aromatic heterocycles. The second kappa shape index (κ2) is 6.78. The van der Waals surface area contributed by atoms with E-state index in [2.05, 4.69) is 107 Å².